The molecule has 0 saturated carbocycles. The van der Waals surface area contributed by atoms with Crippen LogP contribution >= 0.6 is 7.60 Å². The van der Waals surface area contributed by atoms with Gasteiger partial charge in [-0.3, -0.25) is 4.57 Å². The van der Waals surface area contributed by atoms with Crippen LogP contribution in [-0.4, -0.2) is 20.2 Å². The van der Waals surface area contributed by atoms with Crippen LogP contribution < -0.4 is 0 Å². The number of azo groups is 1. The molecule has 3 N–H and O–H groups in total. The van der Waals surface area contributed by atoms with Gasteiger partial charge in [-0.1, -0.05) is 24.3 Å². The number of hydrogen-bond donors (Lipinski definition) is 3. The van der Waals surface area contributed by atoms with Gasteiger partial charge in [-0.25, -0.2) is 0 Å². The van der Waals surface area contributed by atoms with E-state index in [0.29, 0.717) is 11.4 Å². The predicted octanol–water partition coefficient (Wildman–Crippen LogP) is 2.48. The normalized spacial score (nSPS) is 23.6. The second kappa shape index (κ2) is 5.19. The highest BCUT2D eigenvalue weighted by Crippen LogP contribution is 2.53. The highest BCUT2D eigenvalue weighted by atomic mass is 31.2. The molecule has 0 aliphatic heterocycles. The zero-order valence-electron chi connectivity index (χ0n) is 9.92. The van der Waals surface area contributed by atoms with E-state index in [2.05, 4.69) is 10.2 Å². The van der Waals surface area contributed by atoms with Gasteiger partial charge in [0.1, 0.15) is 0 Å². The van der Waals surface area contributed by atoms with Crippen LogP contribution in [0.2, 0.25) is 0 Å². The van der Waals surface area contributed by atoms with E-state index >= 15 is 0 Å². The number of allylic oxidation sites excluding steroid dienone is 1. The van der Waals surface area contributed by atoms with Crippen molar-refractivity contribution in [1.82, 2.24) is 0 Å². The predicted molar refractivity (Wildman–Crippen MR) is 69.8 cm³/mol. The van der Waals surface area contributed by atoms with Crippen molar-refractivity contribution in [1.29, 1.82) is 0 Å². The average Bonchev–Trinajstić information content (AvgIpc) is 2.38. The fourth-order valence-corrected chi connectivity index (χ4v) is 2.11. The van der Waals surface area contributed by atoms with Crippen molar-refractivity contribution in [3.05, 3.63) is 54.3 Å². The molecule has 1 aliphatic carbocycles. The average molecular weight is 280 g/mol. The summed E-state index contributed by atoms with van der Waals surface area (Å²) in [5, 5.41) is 15.5. The van der Waals surface area contributed by atoms with Gasteiger partial charge in [0.2, 0.25) is 0 Å². The van der Waals surface area contributed by atoms with Gasteiger partial charge in [0.25, 0.3) is 0 Å². The number of nitrogens with zero attached hydrogens (tertiary/aromatic N) is 2. The van der Waals surface area contributed by atoms with Crippen molar-refractivity contribution in [2.24, 2.45) is 10.2 Å². The summed E-state index contributed by atoms with van der Waals surface area (Å²) in [7, 11) is -4.60. The highest BCUT2D eigenvalue weighted by Gasteiger charge is 2.43. The van der Waals surface area contributed by atoms with E-state index in [9.17, 15) is 9.67 Å². The van der Waals surface area contributed by atoms with Crippen LogP contribution in [0.25, 0.3) is 0 Å². The smallest absolute Gasteiger partial charge is 0.361 e. The summed E-state index contributed by atoms with van der Waals surface area (Å²) in [4.78, 5) is 18.0. The molecule has 1 aromatic carbocycles. The Bertz CT molecular complexity index is 591. The van der Waals surface area contributed by atoms with Crippen LogP contribution in [0, 0.1) is 0 Å². The van der Waals surface area contributed by atoms with Crippen molar-refractivity contribution in [3.8, 4) is 0 Å². The van der Waals surface area contributed by atoms with E-state index in [0.717, 1.165) is 6.08 Å². The Hall–Kier alpha value is -1.59. The van der Waals surface area contributed by atoms with E-state index in [4.69, 9.17) is 9.79 Å². The SMILES string of the molecule is O=P(O)(O)C1(O)C=CC(N=Nc2ccccc2)=CC1. The number of benzene rings is 1. The Morgan fingerprint density at radius 1 is 1.16 bits per heavy atom. The second-order valence-electron chi connectivity index (χ2n) is 4.12. The minimum absolute atomic E-state index is 0.197. The quantitative estimate of drug-likeness (QED) is 0.584. The molecule has 0 saturated heterocycles. The van der Waals surface area contributed by atoms with Crippen LogP contribution in [0.1, 0.15) is 6.42 Å². The monoisotopic (exact) mass is 280 g/mol. The summed E-state index contributed by atoms with van der Waals surface area (Å²) in [5.41, 5.74) is 1.12. The minimum Gasteiger partial charge on any atom is -0.373 e. The Morgan fingerprint density at radius 2 is 1.84 bits per heavy atom. The molecule has 0 radical (unpaired) electrons. The third kappa shape index (κ3) is 3.24. The lowest BCUT2D eigenvalue weighted by Crippen LogP contribution is -2.26. The molecule has 100 valence electrons. The standard InChI is InChI=1S/C12H13N2O4P/c15-12(19(16,17)18)8-6-11(7-9-12)14-13-10-4-2-1-3-5-10/h1-8,15H,9H2,(H2,16,17,18). The fourth-order valence-electron chi connectivity index (χ4n) is 1.51. The Kier molecular flexibility index (Phi) is 3.78. The lowest BCUT2D eigenvalue weighted by Gasteiger charge is -2.26. The van der Waals surface area contributed by atoms with Gasteiger partial charge in [0.15, 0.2) is 5.34 Å². The summed E-state index contributed by atoms with van der Waals surface area (Å²) in [5.74, 6) is 0. The molecule has 19 heavy (non-hydrogen) atoms. The largest absolute Gasteiger partial charge is 0.373 e. The van der Waals surface area contributed by atoms with Gasteiger partial charge in [0.05, 0.1) is 11.4 Å². The van der Waals surface area contributed by atoms with Crippen molar-refractivity contribution in [2.75, 3.05) is 0 Å². The van der Waals surface area contributed by atoms with Gasteiger partial charge in [-0.05, 0) is 24.3 Å². The summed E-state index contributed by atoms with van der Waals surface area (Å²) in [6, 6.07) is 9.07. The second-order valence-corrected chi connectivity index (χ2v) is 5.99. The molecule has 0 amide bonds. The van der Waals surface area contributed by atoms with Gasteiger partial charge >= 0.3 is 7.60 Å². The Morgan fingerprint density at radius 3 is 2.37 bits per heavy atom. The molecular weight excluding hydrogens is 267 g/mol. The molecule has 1 atom stereocenters. The molecule has 0 bridgehead atoms. The van der Waals surface area contributed by atoms with Gasteiger partial charge in [-0.15, -0.1) is 0 Å². The first-order valence-electron chi connectivity index (χ1n) is 5.55. The summed E-state index contributed by atoms with van der Waals surface area (Å²) in [6.07, 6.45) is 3.64. The lowest BCUT2D eigenvalue weighted by molar-refractivity contribution is 0.137. The van der Waals surface area contributed by atoms with E-state index in [1.165, 1.54) is 12.2 Å². The number of rotatable bonds is 3. The van der Waals surface area contributed by atoms with Gasteiger partial charge in [0, 0.05) is 6.42 Å². The number of aliphatic hydroxyl groups is 1. The van der Waals surface area contributed by atoms with Gasteiger partial charge in [-0.2, -0.15) is 10.2 Å². The zero-order chi connectivity index (χ0) is 13.9. The lowest BCUT2D eigenvalue weighted by atomic mass is 10.1. The molecule has 0 fully saturated rings. The van der Waals surface area contributed by atoms with E-state index in [1.807, 2.05) is 18.2 Å². The van der Waals surface area contributed by atoms with Crippen LogP contribution in [0.5, 0.6) is 0 Å². The molecule has 1 unspecified atom stereocenters. The van der Waals surface area contributed by atoms with Crippen LogP contribution in [0.15, 0.2) is 64.5 Å². The van der Waals surface area contributed by atoms with Crippen molar-refractivity contribution in [3.63, 3.8) is 0 Å². The maximum atomic E-state index is 11.1. The van der Waals surface area contributed by atoms with Crippen LogP contribution in [0.4, 0.5) is 5.69 Å². The van der Waals surface area contributed by atoms with Crippen molar-refractivity contribution in [2.45, 2.75) is 11.8 Å². The maximum absolute atomic E-state index is 11.1. The summed E-state index contributed by atoms with van der Waals surface area (Å²) >= 11 is 0. The molecule has 2 rings (SSSR count). The first kappa shape index (κ1) is 13.8. The van der Waals surface area contributed by atoms with Crippen LogP contribution in [-0.2, 0) is 4.57 Å². The summed E-state index contributed by atoms with van der Waals surface area (Å²) in [6.45, 7) is 0. The molecule has 0 spiro atoms. The molecule has 0 heterocycles. The Balaban J connectivity index is 2.10. The van der Waals surface area contributed by atoms with E-state index in [1.54, 1.807) is 12.1 Å². The maximum Gasteiger partial charge on any atom is 0.361 e. The topological polar surface area (TPSA) is 102 Å². The van der Waals surface area contributed by atoms with Crippen molar-refractivity contribution < 1.29 is 19.5 Å². The minimum atomic E-state index is -4.60. The van der Waals surface area contributed by atoms with E-state index < -0.39 is 12.9 Å². The number of hydrogen-bond acceptors (Lipinski definition) is 4. The fraction of sp³-hybridized carbons (Fsp3) is 0.167. The van der Waals surface area contributed by atoms with Crippen LogP contribution in [0.3, 0.4) is 0 Å². The van der Waals surface area contributed by atoms with Gasteiger partial charge < -0.3 is 14.9 Å². The molecular formula is C12H13N2O4P. The molecule has 1 aromatic rings. The van der Waals surface area contributed by atoms with E-state index in [-0.39, 0.29) is 6.42 Å². The highest BCUT2D eigenvalue weighted by molar-refractivity contribution is 7.53. The first-order valence-corrected chi connectivity index (χ1v) is 7.16. The molecule has 0 aromatic heterocycles. The zero-order valence-corrected chi connectivity index (χ0v) is 10.8. The third-order valence-corrected chi connectivity index (χ3v) is 4.01. The molecule has 7 heteroatoms. The summed E-state index contributed by atoms with van der Waals surface area (Å²) < 4.78 is 11.1. The first-order chi connectivity index (χ1) is 8.91. The van der Waals surface area contributed by atoms with Crippen molar-refractivity contribution >= 4 is 13.3 Å². The molecule has 1 aliphatic rings. The third-order valence-electron chi connectivity index (χ3n) is 2.67. The Labute approximate surface area is 110 Å². The molecule has 6 nitrogen and oxygen atoms in total.